The van der Waals surface area contributed by atoms with Crippen molar-refractivity contribution in [3.05, 3.63) is 23.8 Å². The third kappa shape index (κ3) is 3.19. The molecule has 5 heteroatoms. The molecule has 15 heavy (non-hydrogen) atoms. The second-order valence-corrected chi connectivity index (χ2v) is 4.08. The topological polar surface area (TPSA) is 65.2 Å². The molecule has 0 saturated carbocycles. The van der Waals surface area contributed by atoms with E-state index in [1.54, 1.807) is 20.8 Å². The highest BCUT2D eigenvalue weighted by Crippen LogP contribution is 2.13. The number of pyridine rings is 1. The predicted octanol–water partition coefficient (Wildman–Crippen LogP) is 1.76. The minimum Gasteiger partial charge on any atom is -0.455 e. The zero-order valence-electron chi connectivity index (χ0n) is 8.87. The Morgan fingerprint density at radius 3 is 2.53 bits per heavy atom. The van der Waals surface area contributed by atoms with Gasteiger partial charge in [-0.25, -0.2) is 9.78 Å². The number of ether oxygens (including phenoxy) is 1. The third-order valence-electron chi connectivity index (χ3n) is 1.49. The fourth-order valence-electron chi connectivity index (χ4n) is 0.889. The summed E-state index contributed by atoms with van der Waals surface area (Å²) < 4.78 is 17.9. The number of halogens is 1. The van der Waals surface area contributed by atoms with Gasteiger partial charge in [0.05, 0.1) is 5.69 Å². The lowest BCUT2D eigenvalue weighted by atomic mass is 10.2. The van der Waals surface area contributed by atoms with Crippen LogP contribution in [0.1, 0.15) is 31.3 Å². The standard InChI is InChI=1S/C10H13FN2O2/c1-10(2,3)15-9(14)7-5-4-6(12)8(11)13-7/h4-5H,12H2,1-3H3. The Labute approximate surface area is 87.3 Å². The Balaban J connectivity index is 2.88. The number of carbonyl (C=O) groups excluding carboxylic acids is 1. The molecule has 1 heterocycles. The lowest BCUT2D eigenvalue weighted by molar-refractivity contribution is 0.00617. The van der Waals surface area contributed by atoms with Gasteiger partial charge < -0.3 is 10.5 Å². The second kappa shape index (κ2) is 3.84. The van der Waals surface area contributed by atoms with Crippen LogP contribution < -0.4 is 5.73 Å². The SMILES string of the molecule is CC(C)(C)OC(=O)c1ccc(N)c(F)n1. The predicted molar refractivity (Wildman–Crippen MR) is 53.8 cm³/mol. The first kappa shape index (κ1) is 11.4. The largest absolute Gasteiger partial charge is 0.455 e. The van der Waals surface area contributed by atoms with Crippen LogP contribution in [0.4, 0.5) is 10.1 Å². The number of esters is 1. The first-order valence-electron chi connectivity index (χ1n) is 4.45. The second-order valence-electron chi connectivity index (χ2n) is 4.08. The van der Waals surface area contributed by atoms with Gasteiger partial charge in [0.1, 0.15) is 5.60 Å². The Morgan fingerprint density at radius 2 is 2.07 bits per heavy atom. The van der Waals surface area contributed by atoms with Gasteiger partial charge in [-0.3, -0.25) is 0 Å². The molecule has 0 saturated heterocycles. The summed E-state index contributed by atoms with van der Waals surface area (Å²) >= 11 is 0. The van der Waals surface area contributed by atoms with E-state index < -0.39 is 17.5 Å². The van der Waals surface area contributed by atoms with Gasteiger partial charge >= 0.3 is 5.97 Å². The Kier molecular flexibility index (Phi) is 2.93. The quantitative estimate of drug-likeness (QED) is 0.569. The first-order chi connectivity index (χ1) is 6.79. The van der Waals surface area contributed by atoms with Crippen LogP contribution in [0.15, 0.2) is 12.1 Å². The molecule has 0 spiro atoms. The van der Waals surface area contributed by atoms with Crippen molar-refractivity contribution in [3.63, 3.8) is 0 Å². The van der Waals surface area contributed by atoms with Crippen molar-refractivity contribution in [1.29, 1.82) is 0 Å². The molecule has 1 rings (SSSR count). The molecule has 0 fully saturated rings. The molecule has 1 aromatic rings. The maximum atomic E-state index is 12.9. The Bertz CT molecular complexity index is 385. The van der Waals surface area contributed by atoms with E-state index in [0.717, 1.165) is 0 Å². The maximum absolute atomic E-state index is 12.9. The van der Waals surface area contributed by atoms with Gasteiger partial charge in [-0.05, 0) is 32.9 Å². The average Bonchev–Trinajstić information content (AvgIpc) is 2.06. The Hall–Kier alpha value is -1.65. The summed E-state index contributed by atoms with van der Waals surface area (Å²) in [7, 11) is 0. The average molecular weight is 212 g/mol. The summed E-state index contributed by atoms with van der Waals surface area (Å²) in [5.74, 6) is -1.53. The molecule has 2 N–H and O–H groups in total. The fraction of sp³-hybridized carbons (Fsp3) is 0.400. The van der Waals surface area contributed by atoms with Crippen molar-refractivity contribution < 1.29 is 13.9 Å². The van der Waals surface area contributed by atoms with Crippen molar-refractivity contribution in [2.75, 3.05) is 5.73 Å². The minimum atomic E-state index is -0.863. The van der Waals surface area contributed by atoms with E-state index in [1.165, 1.54) is 12.1 Å². The number of rotatable bonds is 1. The molecule has 0 atom stereocenters. The van der Waals surface area contributed by atoms with Gasteiger partial charge in [0.2, 0.25) is 5.95 Å². The Morgan fingerprint density at radius 1 is 1.47 bits per heavy atom. The van der Waals surface area contributed by atoms with E-state index in [2.05, 4.69) is 4.98 Å². The monoisotopic (exact) mass is 212 g/mol. The normalized spacial score (nSPS) is 11.2. The maximum Gasteiger partial charge on any atom is 0.357 e. The van der Waals surface area contributed by atoms with Crippen molar-refractivity contribution in [2.24, 2.45) is 0 Å². The number of nitrogens with zero attached hydrogens (tertiary/aromatic N) is 1. The van der Waals surface area contributed by atoms with E-state index in [0.29, 0.717) is 0 Å². The molecule has 4 nitrogen and oxygen atoms in total. The molecule has 0 bridgehead atoms. The van der Waals surface area contributed by atoms with Crippen molar-refractivity contribution in [2.45, 2.75) is 26.4 Å². The molecular formula is C10H13FN2O2. The van der Waals surface area contributed by atoms with Crippen LogP contribution >= 0.6 is 0 Å². The van der Waals surface area contributed by atoms with Crippen molar-refractivity contribution in [1.82, 2.24) is 4.98 Å². The summed E-state index contributed by atoms with van der Waals surface area (Å²) in [4.78, 5) is 14.8. The van der Waals surface area contributed by atoms with Crippen LogP contribution in [-0.2, 0) is 4.74 Å². The van der Waals surface area contributed by atoms with Gasteiger partial charge in [0, 0.05) is 0 Å². The first-order valence-corrected chi connectivity index (χ1v) is 4.45. The van der Waals surface area contributed by atoms with Gasteiger partial charge in [0.15, 0.2) is 5.69 Å². The zero-order valence-corrected chi connectivity index (χ0v) is 8.87. The number of nitrogen functional groups attached to an aromatic ring is 1. The number of anilines is 1. The van der Waals surface area contributed by atoms with E-state index in [4.69, 9.17) is 10.5 Å². The molecule has 0 aromatic carbocycles. The third-order valence-corrected chi connectivity index (χ3v) is 1.49. The van der Waals surface area contributed by atoms with Crippen LogP contribution in [0.25, 0.3) is 0 Å². The number of hydrogen-bond donors (Lipinski definition) is 1. The van der Waals surface area contributed by atoms with Gasteiger partial charge in [-0.2, -0.15) is 4.39 Å². The summed E-state index contributed by atoms with van der Waals surface area (Å²) in [6, 6.07) is 2.61. The minimum absolute atomic E-state index is 0.0865. The number of nitrogens with two attached hydrogens (primary N) is 1. The van der Waals surface area contributed by atoms with E-state index in [9.17, 15) is 9.18 Å². The van der Waals surface area contributed by atoms with Crippen LogP contribution in [0, 0.1) is 5.95 Å². The van der Waals surface area contributed by atoms with E-state index in [-0.39, 0.29) is 11.4 Å². The highest BCUT2D eigenvalue weighted by Gasteiger charge is 2.19. The number of aromatic nitrogens is 1. The number of hydrogen-bond acceptors (Lipinski definition) is 4. The van der Waals surface area contributed by atoms with Gasteiger partial charge in [-0.15, -0.1) is 0 Å². The molecule has 0 aliphatic carbocycles. The van der Waals surface area contributed by atoms with Crippen molar-refractivity contribution in [3.8, 4) is 0 Å². The van der Waals surface area contributed by atoms with Crippen molar-refractivity contribution >= 4 is 11.7 Å². The number of carbonyl (C=O) groups is 1. The smallest absolute Gasteiger partial charge is 0.357 e. The molecule has 0 unspecified atom stereocenters. The van der Waals surface area contributed by atoms with Crippen LogP contribution in [0.2, 0.25) is 0 Å². The zero-order chi connectivity index (χ0) is 11.6. The fourth-order valence-corrected chi connectivity index (χ4v) is 0.889. The van der Waals surface area contributed by atoms with Crippen LogP contribution in [0.5, 0.6) is 0 Å². The van der Waals surface area contributed by atoms with Gasteiger partial charge in [-0.1, -0.05) is 0 Å². The van der Waals surface area contributed by atoms with Crippen LogP contribution in [0.3, 0.4) is 0 Å². The molecule has 0 aliphatic heterocycles. The highest BCUT2D eigenvalue weighted by molar-refractivity contribution is 5.87. The summed E-state index contributed by atoms with van der Waals surface area (Å²) in [5.41, 5.74) is 4.42. The van der Waals surface area contributed by atoms with Crippen LogP contribution in [-0.4, -0.2) is 16.6 Å². The molecule has 1 aromatic heterocycles. The molecule has 0 aliphatic rings. The van der Waals surface area contributed by atoms with E-state index >= 15 is 0 Å². The van der Waals surface area contributed by atoms with E-state index in [1.807, 2.05) is 0 Å². The van der Waals surface area contributed by atoms with Gasteiger partial charge in [0.25, 0.3) is 0 Å². The summed E-state index contributed by atoms with van der Waals surface area (Å²) in [6.07, 6.45) is 0. The lowest BCUT2D eigenvalue weighted by Gasteiger charge is -2.19. The molecular weight excluding hydrogens is 199 g/mol. The molecule has 0 amide bonds. The summed E-state index contributed by atoms with van der Waals surface area (Å²) in [5, 5.41) is 0. The lowest BCUT2D eigenvalue weighted by Crippen LogP contribution is -2.24. The molecule has 0 radical (unpaired) electrons. The highest BCUT2D eigenvalue weighted by atomic mass is 19.1. The molecule has 82 valence electrons. The summed E-state index contributed by atoms with van der Waals surface area (Å²) in [6.45, 7) is 5.16.